The Labute approximate surface area is 102 Å². The Bertz CT molecular complexity index is 331. The lowest BCUT2D eigenvalue weighted by molar-refractivity contribution is -0.133. The number of likely N-dealkylation sites (tertiary alicyclic amines) is 1. The first-order valence-corrected chi connectivity index (χ1v) is 6.80. The third kappa shape index (κ3) is 1.94. The molecule has 4 nitrogen and oxygen atoms in total. The minimum absolute atomic E-state index is 0.338. The van der Waals surface area contributed by atoms with Gasteiger partial charge in [-0.2, -0.15) is 0 Å². The van der Waals surface area contributed by atoms with E-state index >= 15 is 0 Å². The van der Waals surface area contributed by atoms with Gasteiger partial charge in [0, 0.05) is 31.8 Å². The first kappa shape index (κ1) is 11.1. The SMILES string of the molecule is O=C(C1C2CCCCC21)N1CCC(=NO)CC1. The molecular weight excluding hydrogens is 216 g/mol. The molecule has 17 heavy (non-hydrogen) atoms. The first-order chi connectivity index (χ1) is 8.31. The Kier molecular flexibility index (Phi) is 2.81. The summed E-state index contributed by atoms with van der Waals surface area (Å²) in [4.78, 5) is 14.3. The van der Waals surface area contributed by atoms with Crippen molar-refractivity contribution in [1.82, 2.24) is 4.90 Å². The van der Waals surface area contributed by atoms with Crippen LogP contribution in [0.4, 0.5) is 0 Å². The van der Waals surface area contributed by atoms with Crippen LogP contribution in [0.25, 0.3) is 0 Å². The van der Waals surface area contributed by atoms with Crippen molar-refractivity contribution in [1.29, 1.82) is 0 Å². The number of nitrogens with zero attached hydrogens (tertiary/aromatic N) is 2. The summed E-state index contributed by atoms with van der Waals surface area (Å²) in [5, 5.41) is 11.9. The molecule has 2 atom stereocenters. The zero-order valence-corrected chi connectivity index (χ0v) is 10.1. The summed E-state index contributed by atoms with van der Waals surface area (Å²) in [5.41, 5.74) is 0.835. The molecule has 3 aliphatic rings. The highest BCUT2D eigenvalue weighted by Gasteiger charge is 2.55. The molecule has 3 fully saturated rings. The van der Waals surface area contributed by atoms with Crippen LogP contribution in [0, 0.1) is 17.8 Å². The van der Waals surface area contributed by atoms with Gasteiger partial charge < -0.3 is 10.1 Å². The fraction of sp³-hybridized carbons (Fsp3) is 0.846. The summed E-state index contributed by atoms with van der Waals surface area (Å²) in [6.45, 7) is 1.49. The van der Waals surface area contributed by atoms with Gasteiger partial charge in [-0.05, 0) is 24.7 Å². The molecule has 0 spiro atoms. The molecule has 0 aromatic heterocycles. The number of rotatable bonds is 1. The van der Waals surface area contributed by atoms with Crippen LogP contribution in [0.2, 0.25) is 0 Å². The van der Waals surface area contributed by atoms with Crippen molar-refractivity contribution in [3.63, 3.8) is 0 Å². The van der Waals surface area contributed by atoms with Crippen LogP contribution < -0.4 is 0 Å². The largest absolute Gasteiger partial charge is 0.411 e. The van der Waals surface area contributed by atoms with Gasteiger partial charge in [0.25, 0.3) is 0 Å². The monoisotopic (exact) mass is 236 g/mol. The Morgan fingerprint density at radius 1 is 1.18 bits per heavy atom. The minimum Gasteiger partial charge on any atom is -0.411 e. The van der Waals surface area contributed by atoms with E-state index in [-0.39, 0.29) is 0 Å². The number of piperidine rings is 1. The maximum absolute atomic E-state index is 12.3. The third-order valence-corrected chi connectivity index (χ3v) is 4.74. The molecule has 2 aliphatic carbocycles. The first-order valence-electron chi connectivity index (χ1n) is 6.80. The van der Waals surface area contributed by atoms with Gasteiger partial charge in [0.15, 0.2) is 0 Å². The van der Waals surface area contributed by atoms with Crippen molar-refractivity contribution in [2.75, 3.05) is 13.1 Å². The van der Waals surface area contributed by atoms with E-state index in [0.29, 0.717) is 23.7 Å². The van der Waals surface area contributed by atoms with E-state index < -0.39 is 0 Å². The highest BCUT2D eigenvalue weighted by molar-refractivity contribution is 5.88. The van der Waals surface area contributed by atoms with Gasteiger partial charge in [0.1, 0.15) is 0 Å². The Morgan fingerprint density at radius 2 is 1.76 bits per heavy atom. The van der Waals surface area contributed by atoms with Crippen LogP contribution in [0.3, 0.4) is 0 Å². The fourth-order valence-corrected chi connectivity index (χ4v) is 3.65. The molecule has 1 N–H and O–H groups in total. The topological polar surface area (TPSA) is 52.9 Å². The predicted molar refractivity (Wildman–Crippen MR) is 64.0 cm³/mol. The number of hydrogen-bond donors (Lipinski definition) is 1. The van der Waals surface area contributed by atoms with Crippen molar-refractivity contribution >= 4 is 11.6 Å². The van der Waals surface area contributed by atoms with Gasteiger partial charge >= 0.3 is 0 Å². The molecule has 1 heterocycles. The average Bonchev–Trinajstić information content (AvgIpc) is 3.12. The summed E-state index contributed by atoms with van der Waals surface area (Å²) >= 11 is 0. The second kappa shape index (κ2) is 4.31. The van der Waals surface area contributed by atoms with Crippen LogP contribution in [-0.2, 0) is 4.79 Å². The molecule has 1 amide bonds. The summed E-state index contributed by atoms with van der Waals surface area (Å²) < 4.78 is 0. The average molecular weight is 236 g/mol. The number of carbonyl (C=O) groups is 1. The third-order valence-electron chi connectivity index (χ3n) is 4.74. The number of oxime groups is 1. The van der Waals surface area contributed by atoms with Crippen LogP contribution >= 0.6 is 0 Å². The number of hydrogen-bond acceptors (Lipinski definition) is 3. The molecule has 0 radical (unpaired) electrons. The maximum Gasteiger partial charge on any atom is 0.226 e. The normalized spacial score (nSPS) is 36.4. The van der Waals surface area contributed by atoms with E-state index in [9.17, 15) is 4.79 Å². The fourth-order valence-electron chi connectivity index (χ4n) is 3.65. The maximum atomic E-state index is 12.3. The molecule has 94 valence electrons. The van der Waals surface area contributed by atoms with E-state index in [1.54, 1.807) is 0 Å². The highest BCUT2D eigenvalue weighted by atomic mass is 16.4. The van der Waals surface area contributed by atoms with Gasteiger partial charge in [-0.1, -0.05) is 18.0 Å². The number of fused-ring (bicyclic) bond motifs is 1. The molecule has 1 aliphatic heterocycles. The molecule has 2 unspecified atom stereocenters. The molecular formula is C13H20N2O2. The van der Waals surface area contributed by atoms with Crippen LogP contribution in [0.5, 0.6) is 0 Å². The molecule has 0 aromatic rings. The van der Waals surface area contributed by atoms with Crippen molar-refractivity contribution in [3.8, 4) is 0 Å². The summed E-state index contributed by atoms with van der Waals surface area (Å²) in [6, 6.07) is 0. The van der Waals surface area contributed by atoms with E-state index in [1.807, 2.05) is 4.90 Å². The van der Waals surface area contributed by atoms with Crippen molar-refractivity contribution < 1.29 is 10.0 Å². The summed E-state index contributed by atoms with van der Waals surface area (Å²) in [7, 11) is 0. The Hall–Kier alpha value is -1.06. The zero-order valence-electron chi connectivity index (χ0n) is 10.1. The highest BCUT2D eigenvalue weighted by Crippen LogP contribution is 2.56. The van der Waals surface area contributed by atoms with Gasteiger partial charge in [-0.25, -0.2) is 0 Å². The van der Waals surface area contributed by atoms with E-state index in [4.69, 9.17) is 5.21 Å². The predicted octanol–water partition coefficient (Wildman–Crippen LogP) is 1.88. The zero-order chi connectivity index (χ0) is 11.8. The number of amides is 1. The molecule has 0 bridgehead atoms. The second-order valence-corrected chi connectivity index (χ2v) is 5.63. The van der Waals surface area contributed by atoms with Gasteiger partial charge in [0.2, 0.25) is 5.91 Å². The minimum atomic E-state index is 0.338. The van der Waals surface area contributed by atoms with E-state index in [1.165, 1.54) is 25.7 Å². The molecule has 2 saturated carbocycles. The van der Waals surface area contributed by atoms with E-state index in [0.717, 1.165) is 31.6 Å². The van der Waals surface area contributed by atoms with Gasteiger partial charge in [-0.15, -0.1) is 0 Å². The summed E-state index contributed by atoms with van der Waals surface area (Å²) in [5.74, 6) is 2.11. The van der Waals surface area contributed by atoms with Crippen LogP contribution in [-0.4, -0.2) is 34.8 Å². The molecule has 4 heteroatoms. The standard InChI is InChI=1S/C13H20N2O2/c16-13(12-10-3-1-2-4-11(10)12)15-7-5-9(14-17)6-8-15/h10-12,17H,1-8H2. The lowest BCUT2D eigenvalue weighted by Gasteiger charge is -2.27. The van der Waals surface area contributed by atoms with Crippen molar-refractivity contribution in [2.45, 2.75) is 38.5 Å². The lowest BCUT2D eigenvalue weighted by atomic mass is 10.0. The molecule has 1 saturated heterocycles. The Balaban J connectivity index is 1.57. The second-order valence-electron chi connectivity index (χ2n) is 5.63. The quantitative estimate of drug-likeness (QED) is 0.558. The number of carbonyl (C=O) groups excluding carboxylic acids is 1. The molecule has 3 rings (SSSR count). The van der Waals surface area contributed by atoms with E-state index in [2.05, 4.69) is 5.16 Å². The smallest absolute Gasteiger partial charge is 0.226 e. The van der Waals surface area contributed by atoms with Crippen LogP contribution in [0.15, 0.2) is 5.16 Å². The molecule has 0 aromatic carbocycles. The van der Waals surface area contributed by atoms with Crippen molar-refractivity contribution in [2.24, 2.45) is 22.9 Å². The summed E-state index contributed by atoms with van der Waals surface area (Å²) in [6.07, 6.45) is 6.63. The Morgan fingerprint density at radius 3 is 2.29 bits per heavy atom. The van der Waals surface area contributed by atoms with Crippen molar-refractivity contribution in [3.05, 3.63) is 0 Å². The lowest BCUT2D eigenvalue weighted by Crippen LogP contribution is -2.40. The van der Waals surface area contributed by atoms with Crippen LogP contribution in [0.1, 0.15) is 38.5 Å². The van der Waals surface area contributed by atoms with Gasteiger partial charge in [0.05, 0.1) is 5.71 Å². The van der Waals surface area contributed by atoms with Gasteiger partial charge in [-0.3, -0.25) is 4.79 Å².